The minimum atomic E-state index is 0.730. The molecule has 19 heavy (non-hydrogen) atoms. The van der Waals surface area contributed by atoms with E-state index in [2.05, 4.69) is 47.3 Å². The highest BCUT2D eigenvalue weighted by Crippen LogP contribution is 2.16. The zero-order valence-corrected chi connectivity index (χ0v) is 11.2. The number of anilines is 1. The van der Waals surface area contributed by atoms with E-state index in [4.69, 9.17) is 0 Å². The van der Waals surface area contributed by atoms with Crippen LogP contribution in [0.25, 0.3) is 0 Å². The Morgan fingerprint density at radius 2 is 1.89 bits per heavy atom. The van der Waals surface area contributed by atoms with Crippen LogP contribution < -0.4 is 9.88 Å². The average Bonchev–Trinajstić information content (AvgIpc) is 2.47. The Morgan fingerprint density at radius 1 is 1.11 bits per heavy atom. The van der Waals surface area contributed by atoms with Gasteiger partial charge in [-0.05, 0) is 25.0 Å². The molecule has 1 aromatic carbocycles. The normalized spacial score (nSPS) is 10.2. The van der Waals surface area contributed by atoms with Crippen LogP contribution in [0, 0.1) is 0 Å². The first-order valence-electron chi connectivity index (χ1n) is 6.60. The molecule has 0 aliphatic carbocycles. The number of carbonyl (C=O) groups is 1. The molecule has 0 saturated carbocycles. The topological polar surface area (TPSA) is 33.0 Å². The van der Waals surface area contributed by atoms with Gasteiger partial charge in [-0.25, -0.2) is 4.57 Å². The average molecular weight is 255 g/mol. The van der Waals surface area contributed by atoms with Gasteiger partial charge in [0.1, 0.15) is 6.54 Å². The summed E-state index contributed by atoms with van der Waals surface area (Å²) in [5, 5.41) is 2.75. The molecule has 1 heterocycles. The molecular weight excluding hydrogens is 236 g/mol. The molecule has 0 saturated heterocycles. The quantitative estimate of drug-likeness (QED) is 0.624. The van der Waals surface area contributed by atoms with Gasteiger partial charge < -0.3 is 5.32 Å². The Balaban J connectivity index is 2.12. The van der Waals surface area contributed by atoms with E-state index in [1.807, 2.05) is 18.2 Å². The molecule has 0 radical (unpaired) electrons. The van der Waals surface area contributed by atoms with Gasteiger partial charge in [-0.15, -0.1) is 0 Å². The fourth-order valence-corrected chi connectivity index (χ4v) is 2.25. The third kappa shape index (κ3) is 3.41. The third-order valence-corrected chi connectivity index (χ3v) is 3.26. The van der Waals surface area contributed by atoms with E-state index in [-0.39, 0.29) is 0 Å². The molecular formula is C16H19N2O+. The molecule has 0 bridgehead atoms. The second kappa shape index (κ2) is 6.69. The number of carbonyl (C=O) groups excluding carboxylic acids is 1. The summed E-state index contributed by atoms with van der Waals surface area (Å²) in [6, 6.07) is 14.2. The van der Waals surface area contributed by atoms with Gasteiger partial charge >= 0.3 is 0 Å². The van der Waals surface area contributed by atoms with Crippen LogP contribution >= 0.6 is 0 Å². The Bertz CT molecular complexity index is 552. The number of nitrogens with zero attached hydrogens (tertiary/aromatic N) is 1. The summed E-state index contributed by atoms with van der Waals surface area (Å²) in [6.45, 7) is 3.12. The lowest BCUT2D eigenvalue weighted by Gasteiger charge is -2.07. The number of amides is 1. The van der Waals surface area contributed by atoms with E-state index in [1.165, 1.54) is 11.3 Å². The highest BCUT2D eigenvalue weighted by Gasteiger charge is 2.08. The second-order valence-electron chi connectivity index (χ2n) is 4.40. The fraction of sp³-hybridized carbons (Fsp3) is 0.250. The first kappa shape index (κ1) is 13.3. The van der Waals surface area contributed by atoms with E-state index in [0.717, 1.165) is 31.5 Å². The molecule has 2 rings (SSSR count). The molecule has 2 aromatic rings. The number of benzene rings is 1. The Hall–Kier alpha value is -2.16. The molecule has 0 unspecified atom stereocenters. The van der Waals surface area contributed by atoms with Crippen molar-refractivity contribution in [1.82, 2.24) is 0 Å². The molecule has 0 atom stereocenters. The van der Waals surface area contributed by atoms with Crippen LogP contribution in [0.15, 0.2) is 48.7 Å². The van der Waals surface area contributed by atoms with Gasteiger partial charge in [0.2, 0.25) is 6.41 Å². The predicted octanol–water partition coefficient (Wildman–Crippen LogP) is 2.35. The van der Waals surface area contributed by atoms with Crippen molar-refractivity contribution in [1.29, 1.82) is 0 Å². The van der Waals surface area contributed by atoms with Crippen LogP contribution in [-0.4, -0.2) is 6.41 Å². The maximum atomic E-state index is 10.6. The molecule has 0 aliphatic heterocycles. The summed E-state index contributed by atoms with van der Waals surface area (Å²) in [5.74, 6) is 0. The lowest BCUT2D eigenvalue weighted by molar-refractivity contribution is -0.700. The monoisotopic (exact) mass is 255 g/mol. The van der Waals surface area contributed by atoms with Crippen molar-refractivity contribution >= 4 is 12.1 Å². The van der Waals surface area contributed by atoms with Crippen molar-refractivity contribution in [2.45, 2.75) is 26.3 Å². The first-order chi connectivity index (χ1) is 9.35. The summed E-state index contributed by atoms with van der Waals surface area (Å²) >= 11 is 0. The molecule has 1 amide bonds. The standard InChI is InChI=1S/C16H18N2O/c1-2-18-12-6-5-8-15(18)11-10-14-7-3-4-9-16(14)17-13-19/h3-9,12-13H,2,10-11H2,1H3/p+1. The van der Waals surface area contributed by atoms with Gasteiger partial charge in [-0.1, -0.05) is 24.3 Å². The van der Waals surface area contributed by atoms with Crippen molar-refractivity contribution in [3.63, 3.8) is 0 Å². The molecule has 0 fully saturated rings. The van der Waals surface area contributed by atoms with Crippen molar-refractivity contribution in [2.75, 3.05) is 5.32 Å². The SMILES string of the molecule is CC[n+]1ccccc1CCc1ccccc1NC=O. The maximum Gasteiger partial charge on any atom is 0.211 e. The van der Waals surface area contributed by atoms with Crippen LogP contribution in [0.5, 0.6) is 0 Å². The second-order valence-corrected chi connectivity index (χ2v) is 4.40. The largest absolute Gasteiger partial charge is 0.328 e. The van der Waals surface area contributed by atoms with E-state index in [9.17, 15) is 4.79 Å². The first-order valence-corrected chi connectivity index (χ1v) is 6.60. The van der Waals surface area contributed by atoms with Gasteiger partial charge in [-0.2, -0.15) is 0 Å². The number of nitrogens with one attached hydrogen (secondary N) is 1. The number of hydrogen-bond acceptors (Lipinski definition) is 1. The van der Waals surface area contributed by atoms with E-state index in [0.29, 0.717) is 0 Å². The number of aryl methyl sites for hydroxylation is 3. The zero-order chi connectivity index (χ0) is 13.5. The third-order valence-electron chi connectivity index (χ3n) is 3.26. The predicted molar refractivity (Wildman–Crippen MR) is 75.8 cm³/mol. The Labute approximate surface area is 113 Å². The van der Waals surface area contributed by atoms with E-state index in [1.54, 1.807) is 0 Å². The Morgan fingerprint density at radius 3 is 2.68 bits per heavy atom. The summed E-state index contributed by atoms with van der Waals surface area (Å²) in [6.07, 6.45) is 4.71. The molecule has 0 aliphatic rings. The van der Waals surface area contributed by atoms with E-state index >= 15 is 0 Å². The van der Waals surface area contributed by atoms with Crippen molar-refractivity contribution in [3.05, 3.63) is 59.9 Å². The molecule has 1 N–H and O–H groups in total. The molecule has 1 aromatic heterocycles. The van der Waals surface area contributed by atoms with Crippen molar-refractivity contribution in [3.8, 4) is 0 Å². The van der Waals surface area contributed by atoms with Gasteiger partial charge in [0.05, 0.1) is 0 Å². The van der Waals surface area contributed by atoms with E-state index < -0.39 is 0 Å². The van der Waals surface area contributed by atoms with Crippen molar-refractivity contribution < 1.29 is 9.36 Å². The maximum absolute atomic E-state index is 10.6. The number of para-hydroxylation sites is 1. The lowest BCUT2D eigenvalue weighted by Crippen LogP contribution is -2.36. The molecule has 0 spiro atoms. The minimum Gasteiger partial charge on any atom is -0.328 e. The van der Waals surface area contributed by atoms with Crippen LogP contribution in [0.1, 0.15) is 18.2 Å². The molecule has 98 valence electrons. The molecule has 3 heteroatoms. The number of aromatic nitrogens is 1. The van der Waals surface area contributed by atoms with Crippen molar-refractivity contribution in [2.24, 2.45) is 0 Å². The van der Waals surface area contributed by atoms with Gasteiger partial charge in [0.25, 0.3) is 0 Å². The van der Waals surface area contributed by atoms with Gasteiger partial charge in [-0.3, -0.25) is 4.79 Å². The minimum absolute atomic E-state index is 0.730. The number of pyridine rings is 1. The lowest BCUT2D eigenvalue weighted by atomic mass is 10.1. The van der Waals surface area contributed by atoms with Crippen LogP contribution in [-0.2, 0) is 24.2 Å². The fourth-order valence-electron chi connectivity index (χ4n) is 2.25. The van der Waals surface area contributed by atoms with Crippen LogP contribution in [0.4, 0.5) is 5.69 Å². The highest BCUT2D eigenvalue weighted by molar-refractivity contribution is 5.73. The number of rotatable bonds is 6. The Kier molecular flexibility index (Phi) is 4.67. The molecule has 3 nitrogen and oxygen atoms in total. The van der Waals surface area contributed by atoms with Crippen LogP contribution in [0.2, 0.25) is 0 Å². The van der Waals surface area contributed by atoms with Crippen LogP contribution in [0.3, 0.4) is 0 Å². The smallest absolute Gasteiger partial charge is 0.211 e. The summed E-state index contributed by atoms with van der Waals surface area (Å²) in [4.78, 5) is 10.6. The summed E-state index contributed by atoms with van der Waals surface area (Å²) in [5.41, 5.74) is 3.38. The summed E-state index contributed by atoms with van der Waals surface area (Å²) in [7, 11) is 0. The zero-order valence-electron chi connectivity index (χ0n) is 11.2. The highest BCUT2D eigenvalue weighted by atomic mass is 16.1. The van der Waals surface area contributed by atoms with Gasteiger partial charge in [0.15, 0.2) is 11.9 Å². The van der Waals surface area contributed by atoms with Gasteiger partial charge in [0, 0.05) is 24.2 Å². The number of hydrogen-bond donors (Lipinski definition) is 1. The summed E-state index contributed by atoms with van der Waals surface area (Å²) < 4.78 is 2.25.